The molecule has 0 radical (unpaired) electrons. The van der Waals surface area contributed by atoms with Crippen LogP contribution in [0.15, 0.2) is 42.6 Å². The molecule has 0 spiro atoms. The number of aromatic nitrogens is 2. The van der Waals surface area contributed by atoms with Gasteiger partial charge in [0.25, 0.3) is 0 Å². The lowest BCUT2D eigenvalue weighted by molar-refractivity contribution is 0.324. The van der Waals surface area contributed by atoms with Gasteiger partial charge in [-0.2, -0.15) is 0 Å². The number of nitrogens with zero attached hydrogens (tertiary/aromatic N) is 2. The maximum absolute atomic E-state index is 6.11. The van der Waals surface area contributed by atoms with E-state index in [0.29, 0.717) is 28.8 Å². The highest BCUT2D eigenvalue weighted by Crippen LogP contribution is 2.40. The maximum atomic E-state index is 6.11. The minimum atomic E-state index is 0.533. The Morgan fingerprint density at radius 3 is 2.27 bits per heavy atom. The van der Waals surface area contributed by atoms with Gasteiger partial charge in [-0.25, -0.2) is 4.98 Å². The van der Waals surface area contributed by atoms with Crippen LogP contribution < -0.4 is 24.3 Å². The number of benzene rings is 1. The third kappa shape index (κ3) is 4.92. The van der Waals surface area contributed by atoms with Crippen LogP contribution in [0, 0.1) is 6.92 Å². The van der Waals surface area contributed by atoms with E-state index >= 15 is 0 Å². The molecule has 0 saturated heterocycles. The van der Waals surface area contributed by atoms with E-state index in [4.69, 9.17) is 18.9 Å². The van der Waals surface area contributed by atoms with Crippen molar-refractivity contribution in [2.45, 2.75) is 26.7 Å². The summed E-state index contributed by atoms with van der Waals surface area (Å²) in [6, 6.07) is 11.2. The Kier molecular flexibility index (Phi) is 6.95. The van der Waals surface area contributed by atoms with Crippen molar-refractivity contribution in [3.05, 3.63) is 54.0 Å². The lowest BCUT2D eigenvalue weighted by atomic mass is 10.2. The van der Waals surface area contributed by atoms with E-state index in [0.717, 1.165) is 35.7 Å². The van der Waals surface area contributed by atoms with Crippen molar-refractivity contribution in [2.24, 2.45) is 0 Å². The second kappa shape index (κ2) is 9.82. The third-order valence-corrected chi connectivity index (χ3v) is 4.45. The standard InChI is InChI=1S/C23H27N3O4/c1-6-7-18-19(9-8-15(2)25-18)30-17-10-11-24-22(14-17)26-16-12-20(27-3)23(29-5)21(13-16)28-4/h8-14H,6-7H2,1-5H3,(H,24,26). The molecule has 0 unspecified atom stereocenters. The largest absolute Gasteiger partial charge is 0.493 e. The smallest absolute Gasteiger partial charge is 0.203 e. The second-order valence-corrected chi connectivity index (χ2v) is 6.67. The molecular weight excluding hydrogens is 382 g/mol. The number of pyridine rings is 2. The highest BCUT2D eigenvalue weighted by atomic mass is 16.5. The number of aryl methyl sites for hydroxylation is 2. The lowest BCUT2D eigenvalue weighted by Crippen LogP contribution is -2.00. The van der Waals surface area contributed by atoms with E-state index in [1.807, 2.05) is 43.3 Å². The first kappa shape index (κ1) is 21.2. The van der Waals surface area contributed by atoms with Crippen LogP contribution in [0.5, 0.6) is 28.7 Å². The van der Waals surface area contributed by atoms with Crippen molar-refractivity contribution in [2.75, 3.05) is 26.6 Å². The van der Waals surface area contributed by atoms with Crippen molar-refractivity contribution in [1.82, 2.24) is 9.97 Å². The van der Waals surface area contributed by atoms with Gasteiger partial charge >= 0.3 is 0 Å². The molecule has 3 aromatic rings. The summed E-state index contributed by atoms with van der Waals surface area (Å²) in [7, 11) is 4.73. The highest BCUT2D eigenvalue weighted by molar-refractivity contribution is 5.67. The number of nitrogens with one attached hydrogen (secondary N) is 1. The average Bonchev–Trinajstić information content (AvgIpc) is 2.75. The Bertz CT molecular complexity index is 982. The van der Waals surface area contributed by atoms with Crippen LogP contribution >= 0.6 is 0 Å². The first-order chi connectivity index (χ1) is 14.6. The van der Waals surface area contributed by atoms with E-state index in [1.54, 1.807) is 27.5 Å². The molecule has 0 atom stereocenters. The SMILES string of the molecule is CCCc1nc(C)ccc1Oc1ccnc(Nc2cc(OC)c(OC)c(OC)c2)c1. The number of methoxy groups -OCH3 is 3. The van der Waals surface area contributed by atoms with Crippen molar-refractivity contribution in [1.29, 1.82) is 0 Å². The van der Waals surface area contributed by atoms with Crippen molar-refractivity contribution in [3.8, 4) is 28.7 Å². The van der Waals surface area contributed by atoms with Crippen LogP contribution in [0.2, 0.25) is 0 Å². The average molecular weight is 409 g/mol. The Hall–Kier alpha value is -3.48. The molecule has 1 N–H and O–H groups in total. The molecule has 158 valence electrons. The maximum Gasteiger partial charge on any atom is 0.203 e. The number of hydrogen-bond acceptors (Lipinski definition) is 7. The molecule has 0 aliphatic carbocycles. The second-order valence-electron chi connectivity index (χ2n) is 6.67. The van der Waals surface area contributed by atoms with E-state index in [-0.39, 0.29) is 0 Å². The van der Waals surface area contributed by atoms with Crippen LogP contribution in [-0.2, 0) is 6.42 Å². The fraction of sp³-hybridized carbons (Fsp3) is 0.304. The molecule has 0 saturated carbocycles. The van der Waals surface area contributed by atoms with Gasteiger partial charge in [0.05, 0.1) is 27.0 Å². The first-order valence-corrected chi connectivity index (χ1v) is 9.75. The van der Waals surface area contributed by atoms with Crippen LogP contribution in [0.1, 0.15) is 24.7 Å². The Morgan fingerprint density at radius 1 is 0.900 bits per heavy atom. The van der Waals surface area contributed by atoms with Gasteiger partial charge in [-0.15, -0.1) is 0 Å². The normalized spacial score (nSPS) is 10.4. The molecule has 2 aromatic heterocycles. The molecule has 0 bridgehead atoms. The monoisotopic (exact) mass is 409 g/mol. The van der Waals surface area contributed by atoms with Crippen LogP contribution in [0.25, 0.3) is 0 Å². The topological polar surface area (TPSA) is 74.7 Å². The quantitative estimate of drug-likeness (QED) is 0.514. The zero-order valence-electron chi connectivity index (χ0n) is 18.0. The molecular formula is C23H27N3O4. The minimum absolute atomic E-state index is 0.533. The van der Waals surface area contributed by atoms with Gasteiger partial charge in [-0.3, -0.25) is 4.98 Å². The third-order valence-electron chi connectivity index (χ3n) is 4.45. The Balaban J connectivity index is 1.85. The molecule has 1 aromatic carbocycles. The molecule has 3 rings (SSSR count). The predicted octanol–water partition coefficient (Wildman–Crippen LogP) is 5.30. The molecule has 2 heterocycles. The number of hydrogen-bond donors (Lipinski definition) is 1. The number of rotatable bonds is 9. The fourth-order valence-corrected chi connectivity index (χ4v) is 3.08. The predicted molar refractivity (Wildman–Crippen MR) is 117 cm³/mol. The van der Waals surface area contributed by atoms with E-state index in [9.17, 15) is 0 Å². The number of ether oxygens (including phenoxy) is 4. The molecule has 0 aliphatic rings. The summed E-state index contributed by atoms with van der Waals surface area (Å²) in [5.74, 6) is 3.70. The number of anilines is 2. The molecule has 7 heteroatoms. The van der Waals surface area contributed by atoms with Crippen molar-refractivity contribution in [3.63, 3.8) is 0 Å². The molecule has 0 amide bonds. The summed E-state index contributed by atoms with van der Waals surface area (Å²) < 4.78 is 22.3. The van der Waals surface area contributed by atoms with Gasteiger partial charge in [-0.1, -0.05) is 13.3 Å². The zero-order valence-corrected chi connectivity index (χ0v) is 18.0. The Morgan fingerprint density at radius 2 is 1.63 bits per heavy atom. The molecule has 30 heavy (non-hydrogen) atoms. The summed E-state index contributed by atoms with van der Waals surface area (Å²) in [6.07, 6.45) is 3.55. The summed E-state index contributed by atoms with van der Waals surface area (Å²) in [4.78, 5) is 8.99. The Labute approximate surface area is 177 Å². The van der Waals surface area contributed by atoms with Gasteiger partial charge in [0.15, 0.2) is 11.5 Å². The molecule has 0 aliphatic heterocycles. The zero-order chi connectivity index (χ0) is 21.5. The molecule has 0 fully saturated rings. The van der Waals surface area contributed by atoms with Gasteiger partial charge in [-0.05, 0) is 31.5 Å². The molecule has 7 nitrogen and oxygen atoms in total. The lowest BCUT2D eigenvalue weighted by Gasteiger charge is -2.15. The van der Waals surface area contributed by atoms with Crippen molar-refractivity contribution < 1.29 is 18.9 Å². The summed E-state index contributed by atoms with van der Waals surface area (Å²) in [6.45, 7) is 4.11. The van der Waals surface area contributed by atoms with E-state index < -0.39 is 0 Å². The van der Waals surface area contributed by atoms with E-state index in [2.05, 4.69) is 22.2 Å². The summed E-state index contributed by atoms with van der Waals surface area (Å²) >= 11 is 0. The van der Waals surface area contributed by atoms with Crippen molar-refractivity contribution >= 4 is 11.5 Å². The minimum Gasteiger partial charge on any atom is -0.493 e. The summed E-state index contributed by atoms with van der Waals surface area (Å²) in [5, 5.41) is 3.26. The van der Waals surface area contributed by atoms with Crippen LogP contribution in [0.4, 0.5) is 11.5 Å². The highest BCUT2D eigenvalue weighted by Gasteiger charge is 2.14. The van der Waals surface area contributed by atoms with Gasteiger partial charge in [0.1, 0.15) is 17.3 Å². The van der Waals surface area contributed by atoms with Gasteiger partial charge in [0.2, 0.25) is 5.75 Å². The van der Waals surface area contributed by atoms with E-state index in [1.165, 1.54) is 0 Å². The van der Waals surface area contributed by atoms with Gasteiger partial charge < -0.3 is 24.3 Å². The van der Waals surface area contributed by atoms with Gasteiger partial charge in [0, 0.05) is 35.8 Å². The summed E-state index contributed by atoms with van der Waals surface area (Å²) in [5.41, 5.74) is 2.68. The van der Waals surface area contributed by atoms with Crippen LogP contribution in [-0.4, -0.2) is 31.3 Å². The fourth-order valence-electron chi connectivity index (χ4n) is 3.08. The first-order valence-electron chi connectivity index (χ1n) is 9.75. The van der Waals surface area contributed by atoms with Crippen LogP contribution in [0.3, 0.4) is 0 Å².